The molecule has 6 heteroatoms. The summed E-state index contributed by atoms with van der Waals surface area (Å²) in [7, 11) is 4.32. The third kappa shape index (κ3) is 3.07. The number of anilines is 1. The van der Waals surface area contributed by atoms with Crippen molar-refractivity contribution in [2.75, 3.05) is 45.2 Å². The maximum Gasteiger partial charge on any atom is 0.195 e. The summed E-state index contributed by atoms with van der Waals surface area (Å²) in [5, 5.41) is 2.09. The van der Waals surface area contributed by atoms with E-state index in [1.165, 1.54) is 25.1 Å². The largest absolute Gasteiger partial charge is 0.355 e. The third-order valence-electron chi connectivity index (χ3n) is 4.26. The number of nitrogens with two attached hydrogens (primary N) is 1. The average Bonchev–Trinajstić information content (AvgIpc) is 3.02. The highest BCUT2D eigenvalue weighted by Crippen LogP contribution is 2.28. The summed E-state index contributed by atoms with van der Waals surface area (Å²) >= 11 is 1.70. The van der Waals surface area contributed by atoms with Gasteiger partial charge < -0.3 is 15.5 Å². The number of hydrogen-bond donors (Lipinski definition) is 1. The minimum Gasteiger partial charge on any atom is -0.355 e. The molecule has 1 saturated heterocycles. The Hall–Kier alpha value is -1.11. The summed E-state index contributed by atoms with van der Waals surface area (Å²) in [5.74, 6) is 1.98. The van der Waals surface area contributed by atoms with E-state index in [1.807, 2.05) is 0 Å². The first kappa shape index (κ1) is 14.8. The predicted molar refractivity (Wildman–Crippen MR) is 89.3 cm³/mol. The van der Waals surface area contributed by atoms with E-state index in [-0.39, 0.29) is 0 Å². The second-order valence-corrected chi connectivity index (χ2v) is 7.04. The van der Waals surface area contributed by atoms with E-state index in [1.54, 1.807) is 11.3 Å². The second-order valence-electron chi connectivity index (χ2n) is 6.17. The zero-order chi connectivity index (χ0) is 14.8. The molecule has 0 atom stereocenters. The van der Waals surface area contributed by atoms with Gasteiger partial charge in [-0.1, -0.05) is 0 Å². The number of aromatic nitrogens is 2. The molecule has 5 nitrogen and oxygen atoms in total. The first-order valence-corrected chi connectivity index (χ1v) is 8.61. The van der Waals surface area contributed by atoms with Crippen molar-refractivity contribution in [3.8, 4) is 0 Å². The quantitative estimate of drug-likeness (QED) is 0.913. The van der Waals surface area contributed by atoms with Crippen molar-refractivity contribution in [1.29, 1.82) is 0 Å². The Bertz CT molecular complexity index is 580. The molecule has 0 bridgehead atoms. The summed E-state index contributed by atoms with van der Waals surface area (Å²) in [4.78, 5) is 10.7. The molecule has 1 aliphatic heterocycles. The number of thiazole rings is 1. The molecule has 3 heterocycles. The number of fused-ring (bicyclic) bond motifs is 1. The molecular formula is C15H25N5S. The molecule has 0 aromatic carbocycles. The molecule has 0 aliphatic carbocycles. The molecule has 0 spiro atoms. The van der Waals surface area contributed by atoms with Crippen LogP contribution < -0.4 is 10.6 Å². The minimum absolute atomic E-state index is 0.674. The maximum absolute atomic E-state index is 5.79. The van der Waals surface area contributed by atoms with Gasteiger partial charge in [0, 0.05) is 37.6 Å². The van der Waals surface area contributed by atoms with E-state index < -0.39 is 0 Å². The van der Waals surface area contributed by atoms with Gasteiger partial charge in [-0.2, -0.15) is 0 Å². The van der Waals surface area contributed by atoms with Crippen LogP contribution in [0.1, 0.15) is 18.5 Å². The number of imidazole rings is 1. The van der Waals surface area contributed by atoms with Crippen molar-refractivity contribution < 1.29 is 0 Å². The fourth-order valence-electron chi connectivity index (χ4n) is 3.29. The molecule has 21 heavy (non-hydrogen) atoms. The number of rotatable bonds is 5. The van der Waals surface area contributed by atoms with Gasteiger partial charge in [-0.25, -0.2) is 4.98 Å². The van der Waals surface area contributed by atoms with Crippen LogP contribution in [-0.4, -0.2) is 54.6 Å². The van der Waals surface area contributed by atoms with Gasteiger partial charge in [0.25, 0.3) is 0 Å². The van der Waals surface area contributed by atoms with Crippen LogP contribution >= 0.6 is 11.3 Å². The number of nitrogens with zero attached hydrogens (tertiary/aromatic N) is 4. The zero-order valence-corrected chi connectivity index (χ0v) is 13.8. The van der Waals surface area contributed by atoms with Crippen molar-refractivity contribution in [2.24, 2.45) is 11.7 Å². The van der Waals surface area contributed by atoms with Gasteiger partial charge in [0.05, 0.1) is 5.69 Å². The lowest BCUT2D eigenvalue weighted by Crippen LogP contribution is -2.37. The van der Waals surface area contributed by atoms with Crippen molar-refractivity contribution in [1.82, 2.24) is 14.3 Å². The van der Waals surface area contributed by atoms with E-state index in [0.717, 1.165) is 36.2 Å². The molecule has 116 valence electrons. The summed E-state index contributed by atoms with van der Waals surface area (Å²) in [6.45, 7) is 4.09. The molecule has 2 aromatic rings. The van der Waals surface area contributed by atoms with Crippen molar-refractivity contribution in [2.45, 2.75) is 19.3 Å². The monoisotopic (exact) mass is 307 g/mol. The maximum atomic E-state index is 5.79. The van der Waals surface area contributed by atoms with Gasteiger partial charge in [0.1, 0.15) is 0 Å². The van der Waals surface area contributed by atoms with E-state index in [4.69, 9.17) is 10.7 Å². The van der Waals surface area contributed by atoms with Crippen LogP contribution in [0.3, 0.4) is 0 Å². The molecule has 0 amide bonds. The predicted octanol–water partition coefficient (Wildman–Crippen LogP) is 1.67. The Morgan fingerprint density at radius 1 is 1.38 bits per heavy atom. The summed E-state index contributed by atoms with van der Waals surface area (Å²) in [6, 6.07) is 0. The molecule has 0 unspecified atom stereocenters. The highest BCUT2D eigenvalue weighted by Gasteiger charge is 2.24. The Labute approximate surface area is 130 Å². The lowest BCUT2D eigenvalue weighted by molar-refractivity contribution is 0.284. The molecule has 0 radical (unpaired) electrons. The van der Waals surface area contributed by atoms with E-state index in [9.17, 15) is 0 Å². The van der Waals surface area contributed by atoms with Crippen LogP contribution in [0.4, 0.5) is 5.82 Å². The molecule has 1 fully saturated rings. The Kier molecular flexibility index (Phi) is 4.47. The molecule has 3 rings (SSSR count). The van der Waals surface area contributed by atoms with Crippen LogP contribution in [0.2, 0.25) is 0 Å². The smallest absolute Gasteiger partial charge is 0.195 e. The Morgan fingerprint density at radius 3 is 2.81 bits per heavy atom. The first-order chi connectivity index (χ1) is 10.2. The number of piperidine rings is 1. The highest BCUT2D eigenvalue weighted by molar-refractivity contribution is 7.15. The van der Waals surface area contributed by atoms with E-state index in [0.29, 0.717) is 6.54 Å². The summed E-state index contributed by atoms with van der Waals surface area (Å²) in [6.07, 6.45) is 5.52. The standard InChI is InChI=1S/C15H25N5S/c1-18(2)11-12-4-7-19(8-5-12)14-13(3-6-16)20-9-10-21-15(20)17-14/h9-10,12H,3-8,11,16H2,1-2H3. The molecule has 1 aliphatic rings. The van der Waals surface area contributed by atoms with Crippen molar-refractivity contribution in [3.63, 3.8) is 0 Å². The van der Waals surface area contributed by atoms with Gasteiger partial charge >= 0.3 is 0 Å². The SMILES string of the molecule is CN(C)CC1CCN(c2nc3sccn3c2CCN)CC1. The van der Waals surface area contributed by atoms with Gasteiger partial charge in [0.15, 0.2) is 10.8 Å². The molecular weight excluding hydrogens is 282 g/mol. The minimum atomic E-state index is 0.674. The lowest BCUT2D eigenvalue weighted by atomic mass is 9.96. The highest BCUT2D eigenvalue weighted by atomic mass is 32.1. The molecule has 0 saturated carbocycles. The van der Waals surface area contributed by atoms with Crippen LogP contribution in [0.5, 0.6) is 0 Å². The van der Waals surface area contributed by atoms with Gasteiger partial charge in [0.2, 0.25) is 0 Å². The first-order valence-electron chi connectivity index (χ1n) is 7.73. The van der Waals surface area contributed by atoms with Crippen LogP contribution in [0.25, 0.3) is 4.96 Å². The normalized spacial score (nSPS) is 17.2. The average molecular weight is 307 g/mol. The summed E-state index contributed by atoms with van der Waals surface area (Å²) < 4.78 is 2.21. The van der Waals surface area contributed by atoms with E-state index >= 15 is 0 Å². The molecule has 2 N–H and O–H groups in total. The van der Waals surface area contributed by atoms with E-state index in [2.05, 4.69) is 39.9 Å². The lowest BCUT2D eigenvalue weighted by Gasteiger charge is -2.34. The Balaban J connectivity index is 1.75. The Morgan fingerprint density at radius 2 is 2.14 bits per heavy atom. The fraction of sp³-hybridized carbons (Fsp3) is 0.667. The zero-order valence-electron chi connectivity index (χ0n) is 13.0. The third-order valence-corrected chi connectivity index (χ3v) is 5.02. The van der Waals surface area contributed by atoms with Gasteiger partial charge in [-0.15, -0.1) is 11.3 Å². The van der Waals surface area contributed by atoms with Gasteiger partial charge in [-0.3, -0.25) is 4.40 Å². The van der Waals surface area contributed by atoms with Crippen LogP contribution in [0.15, 0.2) is 11.6 Å². The molecule has 2 aromatic heterocycles. The van der Waals surface area contributed by atoms with Crippen LogP contribution in [-0.2, 0) is 6.42 Å². The topological polar surface area (TPSA) is 49.8 Å². The van der Waals surface area contributed by atoms with Crippen molar-refractivity contribution >= 4 is 22.1 Å². The van der Waals surface area contributed by atoms with Crippen molar-refractivity contribution in [3.05, 3.63) is 17.3 Å². The summed E-state index contributed by atoms with van der Waals surface area (Å²) in [5.41, 5.74) is 7.07. The van der Waals surface area contributed by atoms with Gasteiger partial charge in [-0.05, 0) is 39.4 Å². The van der Waals surface area contributed by atoms with Crippen LogP contribution in [0, 0.1) is 5.92 Å². The number of hydrogen-bond acceptors (Lipinski definition) is 5. The second kappa shape index (κ2) is 6.34. The fourth-order valence-corrected chi connectivity index (χ4v) is 4.02.